The fourth-order valence-electron chi connectivity index (χ4n) is 2.01. The minimum absolute atomic E-state index is 0.791. The van der Waals surface area contributed by atoms with Crippen LogP contribution < -0.4 is 0 Å². The molecule has 0 unspecified atom stereocenters. The van der Waals surface area contributed by atoms with E-state index in [1.165, 1.54) is 31.3 Å². The average molecular weight is 230 g/mol. The van der Waals surface area contributed by atoms with Crippen molar-refractivity contribution < 1.29 is 4.79 Å². The molecule has 0 amide bonds. The SMILES string of the molecule is CC(C=CC=C(C)C=CC1CCCC1)=CC=O. The fraction of sp³-hybridized carbons (Fsp3) is 0.438. The van der Waals surface area contributed by atoms with E-state index in [0.717, 1.165) is 17.8 Å². The molecule has 1 fully saturated rings. The summed E-state index contributed by atoms with van der Waals surface area (Å²) in [5.41, 5.74) is 2.23. The van der Waals surface area contributed by atoms with Gasteiger partial charge in [-0.25, -0.2) is 0 Å². The van der Waals surface area contributed by atoms with E-state index in [4.69, 9.17) is 0 Å². The maximum absolute atomic E-state index is 10.2. The molecule has 0 N–H and O–H groups in total. The minimum Gasteiger partial charge on any atom is -0.299 e. The standard InChI is InChI=1S/C16H22O/c1-14(6-5-7-15(2)12-13-17)10-11-16-8-3-4-9-16/h5-7,10-13,16H,3-4,8-9H2,1-2H3. The second kappa shape index (κ2) is 7.83. The van der Waals surface area contributed by atoms with E-state index in [-0.39, 0.29) is 0 Å². The number of carbonyl (C=O) groups excluding carboxylic acids is 1. The van der Waals surface area contributed by atoms with Crippen LogP contribution >= 0.6 is 0 Å². The summed E-state index contributed by atoms with van der Waals surface area (Å²) in [5, 5.41) is 0. The Morgan fingerprint density at radius 3 is 2.29 bits per heavy atom. The largest absolute Gasteiger partial charge is 0.299 e. The van der Waals surface area contributed by atoms with Crippen LogP contribution in [0.3, 0.4) is 0 Å². The van der Waals surface area contributed by atoms with Gasteiger partial charge in [0.1, 0.15) is 6.29 Å². The molecule has 0 aromatic rings. The van der Waals surface area contributed by atoms with Crippen LogP contribution in [-0.2, 0) is 4.79 Å². The van der Waals surface area contributed by atoms with Crippen LogP contribution in [0.15, 0.2) is 47.6 Å². The first-order chi connectivity index (χ1) is 8.22. The second-order valence-electron chi connectivity index (χ2n) is 4.72. The molecule has 0 aromatic heterocycles. The van der Waals surface area contributed by atoms with Gasteiger partial charge in [-0.2, -0.15) is 0 Å². The Kier molecular flexibility index (Phi) is 6.31. The van der Waals surface area contributed by atoms with Gasteiger partial charge in [-0.15, -0.1) is 0 Å². The summed E-state index contributed by atoms with van der Waals surface area (Å²) >= 11 is 0. The van der Waals surface area contributed by atoms with E-state index in [9.17, 15) is 4.79 Å². The molecule has 0 spiro atoms. The van der Waals surface area contributed by atoms with Crippen molar-refractivity contribution in [1.29, 1.82) is 0 Å². The van der Waals surface area contributed by atoms with Gasteiger partial charge in [0.15, 0.2) is 0 Å². The molecule has 1 aliphatic carbocycles. The van der Waals surface area contributed by atoms with E-state index in [1.807, 2.05) is 19.1 Å². The molecule has 92 valence electrons. The molecule has 0 saturated heterocycles. The van der Waals surface area contributed by atoms with E-state index in [1.54, 1.807) is 6.08 Å². The van der Waals surface area contributed by atoms with Crippen LogP contribution in [0.5, 0.6) is 0 Å². The number of aldehydes is 1. The van der Waals surface area contributed by atoms with Crippen LogP contribution in [0.2, 0.25) is 0 Å². The highest BCUT2D eigenvalue weighted by molar-refractivity contribution is 5.66. The van der Waals surface area contributed by atoms with E-state index in [2.05, 4.69) is 25.2 Å². The third kappa shape index (κ3) is 6.06. The summed E-state index contributed by atoms with van der Waals surface area (Å²) in [5.74, 6) is 0.791. The zero-order valence-electron chi connectivity index (χ0n) is 10.9. The number of rotatable bonds is 5. The predicted molar refractivity (Wildman–Crippen MR) is 73.8 cm³/mol. The Balaban J connectivity index is 2.43. The van der Waals surface area contributed by atoms with Crippen molar-refractivity contribution in [3.05, 3.63) is 47.6 Å². The Hall–Kier alpha value is -1.37. The number of hydrogen-bond donors (Lipinski definition) is 0. The quantitative estimate of drug-likeness (QED) is 0.389. The molecule has 0 bridgehead atoms. The summed E-state index contributed by atoms with van der Waals surface area (Å²) in [7, 11) is 0. The third-order valence-corrected chi connectivity index (χ3v) is 3.08. The minimum atomic E-state index is 0.791. The summed E-state index contributed by atoms with van der Waals surface area (Å²) in [6, 6.07) is 0. The van der Waals surface area contributed by atoms with Crippen LogP contribution in [-0.4, -0.2) is 6.29 Å². The Morgan fingerprint density at radius 2 is 1.65 bits per heavy atom. The summed E-state index contributed by atoms with van der Waals surface area (Å²) in [4.78, 5) is 10.2. The molecule has 1 aliphatic rings. The van der Waals surface area contributed by atoms with Crippen molar-refractivity contribution >= 4 is 6.29 Å². The van der Waals surface area contributed by atoms with Crippen molar-refractivity contribution in [3.63, 3.8) is 0 Å². The highest BCUT2D eigenvalue weighted by Gasteiger charge is 2.10. The van der Waals surface area contributed by atoms with Gasteiger partial charge in [0.2, 0.25) is 0 Å². The lowest BCUT2D eigenvalue weighted by atomic mass is 10.1. The molecule has 17 heavy (non-hydrogen) atoms. The highest BCUT2D eigenvalue weighted by atomic mass is 16.1. The number of carbonyl (C=O) groups is 1. The lowest BCUT2D eigenvalue weighted by Gasteiger charge is -1.99. The van der Waals surface area contributed by atoms with E-state index < -0.39 is 0 Å². The van der Waals surface area contributed by atoms with Gasteiger partial charge in [-0.05, 0) is 44.3 Å². The average Bonchev–Trinajstić information content (AvgIpc) is 2.79. The maximum Gasteiger partial charge on any atom is 0.143 e. The van der Waals surface area contributed by atoms with Crippen molar-refractivity contribution in [1.82, 2.24) is 0 Å². The monoisotopic (exact) mass is 230 g/mol. The molecule has 1 rings (SSSR count). The van der Waals surface area contributed by atoms with Crippen molar-refractivity contribution in [3.8, 4) is 0 Å². The number of allylic oxidation sites excluding steroid dienone is 8. The molecule has 0 aromatic carbocycles. The Bertz CT molecular complexity index is 350. The van der Waals surface area contributed by atoms with Crippen LogP contribution in [0.25, 0.3) is 0 Å². The zero-order valence-corrected chi connectivity index (χ0v) is 10.9. The molecular weight excluding hydrogens is 208 g/mol. The van der Waals surface area contributed by atoms with Gasteiger partial charge in [0, 0.05) is 0 Å². The topological polar surface area (TPSA) is 17.1 Å². The lowest BCUT2D eigenvalue weighted by Crippen LogP contribution is -1.85. The van der Waals surface area contributed by atoms with E-state index >= 15 is 0 Å². The molecule has 0 heterocycles. The van der Waals surface area contributed by atoms with Crippen molar-refractivity contribution in [2.45, 2.75) is 39.5 Å². The summed E-state index contributed by atoms with van der Waals surface area (Å²) < 4.78 is 0. The first-order valence-electron chi connectivity index (χ1n) is 6.37. The summed E-state index contributed by atoms with van der Waals surface area (Å²) in [6.07, 6.45) is 18.4. The molecule has 1 heteroatoms. The smallest absolute Gasteiger partial charge is 0.143 e. The van der Waals surface area contributed by atoms with Crippen molar-refractivity contribution in [2.75, 3.05) is 0 Å². The highest BCUT2D eigenvalue weighted by Crippen LogP contribution is 2.25. The van der Waals surface area contributed by atoms with Gasteiger partial charge in [0.25, 0.3) is 0 Å². The molecule has 0 radical (unpaired) electrons. The zero-order chi connectivity index (χ0) is 12.5. The molecule has 1 nitrogen and oxygen atoms in total. The first kappa shape index (κ1) is 13.7. The molecule has 0 aliphatic heterocycles. The van der Waals surface area contributed by atoms with Crippen molar-refractivity contribution in [2.24, 2.45) is 5.92 Å². The van der Waals surface area contributed by atoms with Crippen LogP contribution in [0, 0.1) is 5.92 Å². The van der Waals surface area contributed by atoms with Crippen LogP contribution in [0.1, 0.15) is 39.5 Å². The fourth-order valence-corrected chi connectivity index (χ4v) is 2.01. The second-order valence-corrected chi connectivity index (χ2v) is 4.72. The van der Waals surface area contributed by atoms with Gasteiger partial charge >= 0.3 is 0 Å². The van der Waals surface area contributed by atoms with Gasteiger partial charge in [0.05, 0.1) is 0 Å². The Labute approximate surface area is 105 Å². The molecule has 0 atom stereocenters. The van der Waals surface area contributed by atoms with Crippen LogP contribution in [0.4, 0.5) is 0 Å². The molecule has 1 saturated carbocycles. The van der Waals surface area contributed by atoms with Gasteiger partial charge in [-0.1, -0.05) is 48.8 Å². The Morgan fingerprint density at radius 1 is 1.00 bits per heavy atom. The normalized spacial score (nSPS) is 19.6. The predicted octanol–water partition coefficient (Wildman–Crippen LogP) is 4.38. The summed E-state index contributed by atoms with van der Waals surface area (Å²) in [6.45, 7) is 4.02. The number of hydrogen-bond acceptors (Lipinski definition) is 1. The third-order valence-electron chi connectivity index (χ3n) is 3.08. The van der Waals surface area contributed by atoms with E-state index in [0.29, 0.717) is 0 Å². The molecular formula is C16H22O. The van der Waals surface area contributed by atoms with Gasteiger partial charge in [-0.3, -0.25) is 4.79 Å². The van der Waals surface area contributed by atoms with Gasteiger partial charge < -0.3 is 0 Å². The first-order valence-corrected chi connectivity index (χ1v) is 6.37. The lowest BCUT2D eigenvalue weighted by molar-refractivity contribution is -0.104. The maximum atomic E-state index is 10.2.